The number of hydrogen-bond acceptors (Lipinski definition) is 4. The molecule has 0 atom stereocenters. The van der Waals surface area contributed by atoms with E-state index in [1.165, 1.54) is 56.6 Å². The van der Waals surface area contributed by atoms with Crippen LogP contribution in [0.5, 0.6) is 0 Å². The van der Waals surface area contributed by atoms with E-state index in [0.29, 0.717) is 6.61 Å². The first-order valence-corrected chi connectivity index (χ1v) is 10.7. The molecule has 2 heterocycles. The van der Waals surface area contributed by atoms with Gasteiger partial charge in [-0.2, -0.15) is 0 Å². The Kier molecular flexibility index (Phi) is 8.13. The van der Waals surface area contributed by atoms with Crippen LogP contribution >= 0.6 is 0 Å². The SMILES string of the molecule is CCN(Cc1ccc(COC)o1)CC1CCN(CCc2ccccc2C)CC1. The molecule has 154 valence electrons. The fourth-order valence-electron chi connectivity index (χ4n) is 4.18. The molecule has 1 aromatic heterocycles. The van der Waals surface area contributed by atoms with E-state index in [1.807, 2.05) is 6.07 Å². The molecule has 0 radical (unpaired) electrons. The quantitative estimate of drug-likeness (QED) is 0.603. The van der Waals surface area contributed by atoms with E-state index in [0.717, 1.165) is 30.5 Å². The molecule has 1 saturated heterocycles. The molecule has 2 aromatic rings. The van der Waals surface area contributed by atoms with E-state index in [1.54, 1.807) is 7.11 Å². The molecule has 0 N–H and O–H groups in total. The molecule has 3 rings (SSSR count). The second kappa shape index (κ2) is 10.8. The highest BCUT2D eigenvalue weighted by Crippen LogP contribution is 2.21. The molecule has 0 saturated carbocycles. The number of rotatable bonds is 10. The summed E-state index contributed by atoms with van der Waals surface area (Å²) in [6.45, 7) is 11.8. The second-order valence-electron chi connectivity index (χ2n) is 8.09. The molecule has 0 unspecified atom stereocenters. The van der Waals surface area contributed by atoms with E-state index in [-0.39, 0.29) is 0 Å². The number of benzene rings is 1. The van der Waals surface area contributed by atoms with Crippen molar-refractivity contribution in [3.05, 3.63) is 59.0 Å². The van der Waals surface area contributed by atoms with Crippen LogP contribution in [0.1, 0.15) is 42.4 Å². The van der Waals surface area contributed by atoms with Gasteiger partial charge < -0.3 is 14.1 Å². The normalized spacial score (nSPS) is 16.1. The highest BCUT2D eigenvalue weighted by molar-refractivity contribution is 5.25. The summed E-state index contributed by atoms with van der Waals surface area (Å²) in [5, 5.41) is 0. The molecule has 4 heteroatoms. The van der Waals surface area contributed by atoms with Crippen LogP contribution in [0.4, 0.5) is 0 Å². The van der Waals surface area contributed by atoms with Gasteiger partial charge in [-0.05, 0) is 75.0 Å². The minimum Gasteiger partial charge on any atom is -0.462 e. The fraction of sp³-hybridized carbons (Fsp3) is 0.583. The average Bonchev–Trinajstić information content (AvgIpc) is 3.15. The first-order chi connectivity index (χ1) is 13.7. The average molecular weight is 385 g/mol. The van der Waals surface area contributed by atoms with Gasteiger partial charge >= 0.3 is 0 Å². The van der Waals surface area contributed by atoms with Gasteiger partial charge in [-0.15, -0.1) is 0 Å². The van der Waals surface area contributed by atoms with Crippen molar-refractivity contribution in [2.45, 2.75) is 46.3 Å². The van der Waals surface area contributed by atoms with Crippen molar-refractivity contribution in [1.29, 1.82) is 0 Å². The standard InChI is InChI=1S/C24H36N2O2/c1-4-25(18-23-9-10-24(28-23)19-27-3)17-21-11-14-26(15-12-21)16-13-22-8-6-5-7-20(22)2/h5-10,21H,4,11-19H2,1-3H3. The largest absolute Gasteiger partial charge is 0.462 e. The summed E-state index contributed by atoms with van der Waals surface area (Å²) < 4.78 is 11.0. The van der Waals surface area contributed by atoms with E-state index < -0.39 is 0 Å². The molecule has 0 amide bonds. The van der Waals surface area contributed by atoms with Crippen molar-refractivity contribution in [2.24, 2.45) is 5.92 Å². The number of hydrogen-bond donors (Lipinski definition) is 0. The number of piperidine rings is 1. The van der Waals surface area contributed by atoms with Crippen molar-refractivity contribution in [3.63, 3.8) is 0 Å². The predicted octanol–water partition coefficient (Wildman–Crippen LogP) is 4.51. The number of likely N-dealkylation sites (tertiary alicyclic amines) is 1. The number of nitrogens with zero attached hydrogens (tertiary/aromatic N) is 2. The highest BCUT2D eigenvalue weighted by atomic mass is 16.5. The molecule has 1 aliphatic rings. The maximum atomic E-state index is 5.87. The third-order valence-electron chi connectivity index (χ3n) is 6.01. The van der Waals surface area contributed by atoms with E-state index >= 15 is 0 Å². The maximum Gasteiger partial charge on any atom is 0.129 e. The lowest BCUT2D eigenvalue weighted by molar-refractivity contribution is 0.135. The fourth-order valence-corrected chi connectivity index (χ4v) is 4.18. The number of aryl methyl sites for hydroxylation is 1. The number of furan rings is 1. The third kappa shape index (κ3) is 6.20. The van der Waals surface area contributed by atoms with E-state index in [2.05, 4.69) is 54.0 Å². The van der Waals surface area contributed by atoms with Crippen LogP contribution in [-0.2, 0) is 24.3 Å². The number of ether oxygens (including phenoxy) is 1. The summed E-state index contributed by atoms with van der Waals surface area (Å²) in [7, 11) is 1.70. The van der Waals surface area contributed by atoms with E-state index in [4.69, 9.17) is 9.15 Å². The van der Waals surface area contributed by atoms with Crippen LogP contribution in [0.3, 0.4) is 0 Å². The predicted molar refractivity (Wildman–Crippen MR) is 114 cm³/mol. The lowest BCUT2D eigenvalue weighted by Gasteiger charge is -2.34. The number of methoxy groups -OCH3 is 1. The van der Waals surface area contributed by atoms with Gasteiger partial charge in [-0.1, -0.05) is 31.2 Å². The molecule has 1 aromatic carbocycles. The topological polar surface area (TPSA) is 28.9 Å². The molecule has 0 bridgehead atoms. The second-order valence-corrected chi connectivity index (χ2v) is 8.09. The van der Waals surface area contributed by atoms with Gasteiger partial charge in [-0.25, -0.2) is 0 Å². The van der Waals surface area contributed by atoms with Crippen molar-refractivity contribution in [2.75, 3.05) is 39.8 Å². The van der Waals surface area contributed by atoms with Crippen molar-refractivity contribution >= 4 is 0 Å². The third-order valence-corrected chi connectivity index (χ3v) is 6.01. The molecule has 0 aliphatic carbocycles. The highest BCUT2D eigenvalue weighted by Gasteiger charge is 2.21. The maximum absolute atomic E-state index is 5.87. The Balaban J connectivity index is 1.40. The van der Waals surface area contributed by atoms with Crippen LogP contribution < -0.4 is 0 Å². The van der Waals surface area contributed by atoms with Crippen LogP contribution in [0.15, 0.2) is 40.8 Å². The molecule has 28 heavy (non-hydrogen) atoms. The Hall–Kier alpha value is -1.62. The van der Waals surface area contributed by atoms with Crippen molar-refractivity contribution < 1.29 is 9.15 Å². The van der Waals surface area contributed by atoms with Gasteiger partial charge in [0.2, 0.25) is 0 Å². The minimum absolute atomic E-state index is 0.549. The molecular weight excluding hydrogens is 348 g/mol. The smallest absolute Gasteiger partial charge is 0.129 e. The van der Waals surface area contributed by atoms with Crippen LogP contribution in [0.25, 0.3) is 0 Å². The molecule has 4 nitrogen and oxygen atoms in total. The monoisotopic (exact) mass is 384 g/mol. The van der Waals surface area contributed by atoms with Crippen LogP contribution in [0.2, 0.25) is 0 Å². The van der Waals surface area contributed by atoms with Gasteiger partial charge in [0.05, 0.1) is 6.54 Å². The zero-order valence-corrected chi connectivity index (χ0v) is 17.8. The van der Waals surface area contributed by atoms with Gasteiger partial charge in [0.15, 0.2) is 0 Å². The van der Waals surface area contributed by atoms with Crippen LogP contribution in [0, 0.1) is 12.8 Å². The molecule has 1 aliphatic heterocycles. The summed E-state index contributed by atoms with van der Waals surface area (Å²) in [5.41, 5.74) is 2.91. The Morgan fingerprint density at radius 1 is 1.11 bits per heavy atom. The summed E-state index contributed by atoms with van der Waals surface area (Å²) >= 11 is 0. The van der Waals surface area contributed by atoms with Gasteiger partial charge in [0.1, 0.15) is 18.1 Å². The molecule has 1 fully saturated rings. The first kappa shape index (κ1) is 21.1. The Bertz CT molecular complexity index is 704. The molecular formula is C24H36N2O2. The Labute approximate surface area is 170 Å². The van der Waals surface area contributed by atoms with Gasteiger partial charge in [0, 0.05) is 20.2 Å². The zero-order chi connectivity index (χ0) is 19.8. The Morgan fingerprint density at radius 3 is 2.57 bits per heavy atom. The lowest BCUT2D eigenvalue weighted by atomic mass is 9.95. The van der Waals surface area contributed by atoms with Crippen molar-refractivity contribution in [1.82, 2.24) is 9.80 Å². The van der Waals surface area contributed by atoms with Gasteiger partial charge in [0.25, 0.3) is 0 Å². The molecule has 0 spiro atoms. The lowest BCUT2D eigenvalue weighted by Crippen LogP contribution is -2.39. The van der Waals surface area contributed by atoms with E-state index in [9.17, 15) is 0 Å². The zero-order valence-electron chi connectivity index (χ0n) is 17.8. The van der Waals surface area contributed by atoms with Gasteiger partial charge in [-0.3, -0.25) is 4.90 Å². The van der Waals surface area contributed by atoms with Crippen molar-refractivity contribution in [3.8, 4) is 0 Å². The van der Waals surface area contributed by atoms with Crippen LogP contribution in [-0.4, -0.2) is 49.6 Å². The first-order valence-electron chi connectivity index (χ1n) is 10.7. The Morgan fingerprint density at radius 2 is 1.86 bits per heavy atom. The summed E-state index contributed by atoms with van der Waals surface area (Å²) in [5.74, 6) is 2.75. The summed E-state index contributed by atoms with van der Waals surface area (Å²) in [6, 6.07) is 12.9. The summed E-state index contributed by atoms with van der Waals surface area (Å²) in [6.07, 6.45) is 3.77. The summed E-state index contributed by atoms with van der Waals surface area (Å²) in [4.78, 5) is 5.16. The minimum atomic E-state index is 0.549.